The van der Waals surface area contributed by atoms with Crippen LogP contribution in [0.5, 0.6) is 11.5 Å². The molecule has 0 radical (unpaired) electrons. The standard InChI is InChI=1S/C19H20O3/c1-14(15(2)20)11-17-9-10-18(21-3)19(12-17)22-13-16-7-5-4-6-8-16/h4-12H,13H2,1-3H3/b14-11+. The average Bonchev–Trinajstić information content (AvgIpc) is 2.54. The zero-order chi connectivity index (χ0) is 15.9. The molecule has 0 fully saturated rings. The van der Waals surface area contributed by atoms with E-state index in [0.29, 0.717) is 23.7 Å². The van der Waals surface area contributed by atoms with Crippen LogP contribution in [0.3, 0.4) is 0 Å². The number of Topliss-reactive ketones (excluding diaryl/α,β-unsaturated/α-hetero) is 1. The molecule has 0 aliphatic heterocycles. The van der Waals surface area contributed by atoms with Gasteiger partial charge in [0.15, 0.2) is 17.3 Å². The summed E-state index contributed by atoms with van der Waals surface area (Å²) in [6.07, 6.45) is 1.84. The van der Waals surface area contributed by atoms with Gasteiger partial charge >= 0.3 is 0 Å². The van der Waals surface area contributed by atoms with Gasteiger partial charge in [0, 0.05) is 0 Å². The van der Waals surface area contributed by atoms with Gasteiger partial charge < -0.3 is 9.47 Å². The van der Waals surface area contributed by atoms with Crippen LogP contribution in [-0.2, 0) is 11.4 Å². The fourth-order valence-electron chi connectivity index (χ4n) is 1.98. The molecule has 3 heteroatoms. The van der Waals surface area contributed by atoms with Crippen molar-refractivity contribution in [3.8, 4) is 11.5 Å². The van der Waals surface area contributed by atoms with E-state index in [9.17, 15) is 4.79 Å². The summed E-state index contributed by atoms with van der Waals surface area (Å²) in [4.78, 5) is 11.3. The van der Waals surface area contributed by atoms with Crippen molar-refractivity contribution in [3.63, 3.8) is 0 Å². The fourth-order valence-corrected chi connectivity index (χ4v) is 1.98. The van der Waals surface area contributed by atoms with Gasteiger partial charge in [-0.2, -0.15) is 0 Å². The van der Waals surface area contributed by atoms with Crippen molar-refractivity contribution < 1.29 is 14.3 Å². The van der Waals surface area contributed by atoms with E-state index in [1.807, 2.05) is 54.6 Å². The van der Waals surface area contributed by atoms with Crippen LogP contribution in [0.1, 0.15) is 25.0 Å². The van der Waals surface area contributed by atoms with E-state index in [4.69, 9.17) is 9.47 Å². The Morgan fingerprint density at radius 1 is 1.05 bits per heavy atom. The van der Waals surface area contributed by atoms with Crippen molar-refractivity contribution in [2.75, 3.05) is 7.11 Å². The predicted octanol–water partition coefficient (Wildman–Crippen LogP) is 4.27. The minimum absolute atomic E-state index is 0.0579. The molecule has 2 aromatic rings. The lowest BCUT2D eigenvalue weighted by Crippen LogP contribution is -1.98. The van der Waals surface area contributed by atoms with E-state index in [1.54, 1.807) is 21.0 Å². The molecule has 114 valence electrons. The highest BCUT2D eigenvalue weighted by Crippen LogP contribution is 2.29. The summed E-state index contributed by atoms with van der Waals surface area (Å²) in [7, 11) is 1.61. The number of hydrogen-bond acceptors (Lipinski definition) is 3. The molecule has 0 aromatic heterocycles. The zero-order valence-corrected chi connectivity index (χ0v) is 13.1. The summed E-state index contributed by atoms with van der Waals surface area (Å²) in [6, 6.07) is 15.6. The Bertz CT molecular complexity index is 672. The number of benzene rings is 2. The molecular weight excluding hydrogens is 276 g/mol. The number of ether oxygens (including phenoxy) is 2. The third-order valence-electron chi connectivity index (χ3n) is 3.36. The van der Waals surface area contributed by atoms with E-state index < -0.39 is 0 Å². The van der Waals surface area contributed by atoms with E-state index >= 15 is 0 Å². The molecule has 0 aliphatic rings. The minimum Gasteiger partial charge on any atom is -0.493 e. The van der Waals surface area contributed by atoms with E-state index in [-0.39, 0.29) is 5.78 Å². The molecule has 3 nitrogen and oxygen atoms in total. The number of hydrogen-bond donors (Lipinski definition) is 0. The first-order valence-electron chi connectivity index (χ1n) is 7.14. The second-order valence-corrected chi connectivity index (χ2v) is 5.07. The lowest BCUT2D eigenvalue weighted by molar-refractivity contribution is -0.113. The molecule has 0 N–H and O–H groups in total. The molecule has 0 bridgehead atoms. The van der Waals surface area contributed by atoms with Crippen LogP contribution in [-0.4, -0.2) is 12.9 Å². The maximum Gasteiger partial charge on any atom is 0.162 e. The molecule has 0 aliphatic carbocycles. The van der Waals surface area contributed by atoms with Gasteiger partial charge in [0.05, 0.1) is 7.11 Å². The number of carbonyl (C=O) groups excluding carboxylic acids is 1. The van der Waals surface area contributed by atoms with Crippen molar-refractivity contribution in [1.82, 2.24) is 0 Å². The number of allylic oxidation sites excluding steroid dienone is 1. The van der Waals surface area contributed by atoms with Gasteiger partial charge in [-0.05, 0) is 48.8 Å². The van der Waals surface area contributed by atoms with Crippen LogP contribution < -0.4 is 9.47 Å². The Hall–Kier alpha value is -2.55. The van der Waals surface area contributed by atoms with Gasteiger partial charge in [0.2, 0.25) is 0 Å². The highest BCUT2D eigenvalue weighted by atomic mass is 16.5. The van der Waals surface area contributed by atoms with Crippen LogP contribution in [0.4, 0.5) is 0 Å². The molecule has 0 unspecified atom stereocenters. The summed E-state index contributed by atoms with van der Waals surface area (Å²) in [5.41, 5.74) is 2.71. The van der Waals surface area contributed by atoms with Crippen LogP contribution in [0.25, 0.3) is 6.08 Å². The van der Waals surface area contributed by atoms with Gasteiger partial charge in [0.25, 0.3) is 0 Å². The normalized spacial score (nSPS) is 11.1. The summed E-state index contributed by atoms with van der Waals surface area (Å²) < 4.78 is 11.2. The molecular formula is C19H20O3. The van der Waals surface area contributed by atoms with Crippen molar-refractivity contribution >= 4 is 11.9 Å². The number of ketones is 1. The van der Waals surface area contributed by atoms with Gasteiger partial charge in [0.1, 0.15) is 6.61 Å². The Labute approximate surface area is 131 Å². The third-order valence-corrected chi connectivity index (χ3v) is 3.36. The Balaban J connectivity index is 2.21. The van der Waals surface area contributed by atoms with Gasteiger partial charge in [-0.3, -0.25) is 4.79 Å². The molecule has 0 spiro atoms. The molecule has 22 heavy (non-hydrogen) atoms. The SMILES string of the molecule is COc1ccc(/C=C(\C)C(C)=O)cc1OCc1ccccc1. The van der Waals surface area contributed by atoms with Crippen molar-refractivity contribution in [2.24, 2.45) is 0 Å². The second kappa shape index (κ2) is 7.46. The van der Waals surface area contributed by atoms with Gasteiger partial charge in [-0.1, -0.05) is 36.4 Å². The monoisotopic (exact) mass is 296 g/mol. The zero-order valence-electron chi connectivity index (χ0n) is 13.1. The van der Waals surface area contributed by atoms with E-state index in [1.165, 1.54) is 0 Å². The second-order valence-electron chi connectivity index (χ2n) is 5.07. The van der Waals surface area contributed by atoms with Crippen LogP contribution >= 0.6 is 0 Å². The lowest BCUT2D eigenvalue weighted by atomic mass is 10.1. The first-order valence-corrected chi connectivity index (χ1v) is 7.14. The quantitative estimate of drug-likeness (QED) is 0.747. The highest BCUT2D eigenvalue weighted by Gasteiger charge is 2.06. The number of carbonyl (C=O) groups is 1. The van der Waals surface area contributed by atoms with Crippen LogP contribution in [0.2, 0.25) is 0 Å². The number of methoxy groups -OCH3 is 1. The molecule has 0 amide bonds. The van der Waals surface area contributed by atoms with Crippen LogP contribution in [0, 0.1) is 0 Å². The molecule has 0 saturated heterocycles. The maximum absolute atomic E-state index is 11.3. The van der Waals surface area contributed by atoms with Crippen molar-refractivity contribution in [1.29, 1.82) is 0 Å². The first kappa shape index (κ1) is 15.8. The highest BCUT2D eigenvalue weighted by molar-refractivity contribution is 5.97. The molecule has 2 rings (SSSR count). The third kappa shape index (κ3) is 4.22. The van der Waals surface area contributed by atoms with Crippen molar-refractivity contribution in [3.05, 3.63) is 65.2 Å². The van der Waals surface area contributed by atoms with Crippen molar-refractivity contribution in [2.45, 2.75) is 20.5 Å². The largest absolute Gasteiger partial charge is 0.493 e. The van der Waals surface area contributed by atoms with E-state index in [2.05, 4.69) is 0 Å². The molecule has 2 aromatic carbocycles. The minimum atomic E-state index is 0.0579. The average molecular weight is 296 g/mol. The maximum atomic E-state index is 11.3. The topological polar surface area (TPSA) is 35.5 Å². The molecule has 0 atom stereocenters. The Kier molecular flexibility index (Phi) is 5.37. The predicted molar refractivity (Wildman–Crippen MR) is 88.1 cm³/mol. The Morgan fingerprint density at radius 2 is 1.77 bits per heavy atom. The van der Waals surface area contributed by atoms with Crippen LogP contribution in [0.15, 0.2) is 54.1 Å². The van der Waals surface area contributed by atoms with Gasteiger partial charge in [-0.15, -0.1) is 0 Å². The fraction of sp³-hybridized carbons (Fsp3) is 0.211. The lowest BCUT2D eigenvalue weighted by Gasteiger charge is -2.11. The summed E-state index contributed by atoms with van der Waals surface area (Å²) in [5, 5.41) is 0. The molecule has 0 heterocycles. The van der Waals surface area contributed by atoms with E-state index in [0.717, 1.165) is 11.1 Å². The summed E-state index contributed by atoms with van der Waals surface area (Å²) in [6.45, 7) is 3.83. The summed E-state index contributed by atoms with van der Waals surface area (Å²) in [5.74, 6) is 1.40. The smallest absolute Gasteiger partial charge is 0.162 e. The Morgan fingerprint density at radius 3 is 2.41 bits per heavy atom. The number of rotatable bonds is 6. The molecule has 0 saturated carbocycles. The first-order chi connectivity index (χ1) is 10.6. The van der Waals surface area contributed by atoms with Gasteiger partial charge in [-0.25, -0.2) is 0 Å². The summed E-state index contributed by atoms with van der Waals surface area (Å²) >= 11 is 0.